The number of nitrogens with one attached hydrogen (secondary N) is 1. The maximum absolute atomic E-state index is 11.1. The van der Waals surface area contributed by atoms with Crippen LogP contribution in [0, 0.1) is 0 Å². The molecule has 4 aliphatic rings. The monoisotopic (exact) mass is 523 g/mol. The molecule has 16 atom stereocenters. The van der Waals surface area contributed by atoms with Crippen LogP contribution in [0.5, 0.6) is 0 Å². The van der Waals surface area contributed by atoms with Crippen LogP contribution in [0.15, 0.2) is 0 Å². The minimum absolute atomic E-state index is 0.223. The molecule has 15 nitrogen and oxygen atoms in total. The Balaban J connectivity index is 1.43. The number of aliphatic hydroxyl groups excluding tert-OH is 5. The fourth-order valence-corrected chi connectivity index (χ4v) is 5.49. The Bertz CT molecular complexity index is 713. The maximum Gasteiger partial charge on any atom is 0.189 e. The molecule has 0 aromatic carbocycles. The second-order valence-corrected chi connectivity index (χ2v) is 10.2. The molecule has 3 aliphatic heterocycles. The van der Waals surface area contributed by atoms with Gasteiger partial charge in [0.2, 0.25) is 0 Å². The van der Waals surface area contributed by atoms with E-state index in [1.165, 1.54) is 0 Å². The molecule has 0 radical (unpaired) electrons. The number of hydrogen-bond acceptors (Lipinski definition) is 15. The third-order valence-electron chi connectivity index (χ3n) is 7.57. The maximum atomic E-state index is 11.1. The van der Waals surface area contributed by atoms with Gasteiger partial charge >= 0.3 is 0 Å². The summed E-state index contributed by atoms with van der Waals surface area (Å²) in [5, 5.41) is 54.6. The van der Waals surface area contributed by atoms with Crippen LogP contribution in [0.1, 0.15) is 19.3 Å². The van der Waals surface area contributed by atoms with Crippen molar-refractivity contribution in [1.29, 1.82) is 0 Å². The SMILES string of the molecule is CNC1C(O[C@H]2OC(CO)[C@@H](N)[C@H](O)C2O)O[C@H]2CC(N)[C@@H](O[C@@H]3C(N)C[C@@H](N)C[C@H]3O)OC2C1O. The summed E-state index contributed by atoms with van der Waals surface area (Å²) in [7, 11) is 1.58. The smallest absolute Gasteiger partial charge is 0.189 e. The quantitative estimate of drug-likeness (QED) is 0.155. The first kappa shape index (κ1) is 28.4. The molecule has 0 aromatic rings. The van der Waals surface area contributed by atoms with Crippen LogP contribution < -0.4 is 28.3 Å². The molecular weight excluding hydrogens is 482 g/mol. The normalized spacial score (nSPS) is 54.2. The molecule has 4 rings (SSSR count). The van der Waals surface area contributed by atoms with E-state index in [-0.39, 0.29) is 12.5 Å². The Labute approximate surface area is 208 Å². The van der Waals surface area contributed by atoms with Crippen molar-refractivity contribution in [3.63, 3.8) is 0 Å². The number of aliphatic hydroxyl groups is 5. The van der Waals surface area contributed by atoms with Crippen LogP contribution in [0.4, 0.5) is 0 Å². The van der Waals surface area contributed by atoms with Gasteiger partial charge in [-0.1, -0.05) is 0 Å². The van der Waals surface area contributed by atoms with Crippen LogP contribution in [0.3, 0.4) is 0 Å². The standard InChI is InChI=1S/C21H41N5O10/c1-26-13-15(30)18-10(32-20(13)36-21-16(31)14(29)12(25)11(5-27)33-21)4-8(24)19(35-18)34-17-7(23)2-6(22)3-9(17)28/h6-21,26-31H,2-5,22-25H2,1H3/t6-,7?,8?,9-,10+,11?,12-,13?,14+,15?,16?,17-,18?,19+,20?,21-/m1/s1. The highest BCUT2D eigenvalue weighted by atomic mass is 16.8. The van der Waals surface area contributed by atoms with Crippen molar-refractivity contribution in [2.45, 2.75) is 117 Å². The van der Waals surface area contributed by atoms with Gasteiger partial charge in [0.05, 0.1) is 36.9 Å². The topological polar surface area (TPSA) is 263 Å². The molecule has 0 spiro atoms. The first-order valence-corrected chi connectivity index (χ1v) is 12.4. The van der Waals surface area contributed by atoms with Crippen molar-refractivity contribution >= 4 is 0 Å². The highest BCUT2D eigenvalue weighted by molar-refractivity contribution is 5.00. The largest absolute Gasteiger partial charge is 0.394 e. The number of nitrogens with two attached hydrogens (primary N) is 4. The van der Waals surface area contributed by atoms with Gasteiger partial charge in [0, 0.05) is 12.1 Å². The molecular formula is C21H41N5O10. The van der Waals surface area contributed by atoms with E-state index in [2.05, 4.69) is 5.32 Å². The van der Waals surface area contributed by atoms with E-state index in [9.17, 15) is 25.5 Å². The average Bonchev–Trinajstić information content (AvgIpc) is 2.82. The Kier molecular flexibility index (Phi) is 9.19. The minimum atomic E-state index is -1.51. The van der Waals surface area contributed by atoms with Crippen molar-refractivity contribution in [2.24, 2.45) is 22.9 Å². The highest BCUT2D eigenvalue weighted by Gasteiger charge is 2.53. The van der Waals surface area contributed by atoms with Crippen LogP contribution in [0.2, 0.25) is 0 Å². The lowest BCUT2D eigenvalue weighted by Gasteiger charge is -2.51. The molecule has 15 heteroatoms. The number of rotatable bonds is 6. The third kappa shape index (κ3) is 5.56. The molecule has 0 amide bonds. The molecule has 4 fully saturated rings. The van der Waals surface area contributed by atoms with Gasteiger partial charge in [0.25, 0.3) is 0 Å². The number of fused-ring (bicyclic) bond motifs is 1. The summed E-state index contributed by atoms with van der Waals surface area (Å²) in [5.74, 6) is 0. The van der Waals surface area contributed by atoms with Crippen molar-refractivity contribution in [2.75, 3.05) is 13.7 Å². The van der Waals surface area contributed by atoms with Crippen molar-refractivity contribution in [3.8, 4) is 0 Å². The van der Waals surface area contributed by atoms with Gasteiger partial charge in [-0.3, -0.25) is 0 Å². The highest BCUT2D eigenvalue weighted by Crippen LogP contribution is 2.35. The summed E-state index contributed by atoms with van der Waals surface area (Å²) in [6.07, 6.45) is -10.6. The lowest BCUT2D eigenvalue weighted by molar-refractivity contribution is -0.372. The van der Waals surface area contributed by atoms with E-state index in [4.69, 9.17) is 46.6 Å². The second kappa shape index (κ2) is 11.6. The van der Waals surface area contributed by atoms with Gasteiger partial charge in [-0.2, -0.15) is 0 Å². The molecule has 3 heterocycles. The molecule has 1 aliphatic carbocycles. The van der Waals surface area contributed by atoms with Gasteiger partial charge in [0.1, 0.15) is 36.6 Å². The zero-order valence-electron chi connectivity index (χ0n) is 20.2. The molecule has 36 heavy (non-hydrogen) atoms. The summed E-state index contributed by atoms with van der Waals surface area (Å²) >= 11 is 0. The van der Waals surface area contributed by atoms with Gasteiger partial charge in [-0.05, 0) is 26.3 Å². The Morgan fingerprint density at radius 2 is 1.53 bits per heavy atom. The first-order valence-electron chi connectivity index (χ1n) is 12.4. The minimum Gasteiger partial charge on any atom is -0.394 e. The molecule has 0 bridgehead atoms. The fraction of sp³-hybridized carbons (Fsp3) is 1.00. The predicted octanol–water partition coefficient (Wildman–Crippen LogP) is -5.92. The van der Waals surface area contributed by atoms with E-state index in [1.54, 1.807) is 7.05 Å². The second-order valence-electron chi connectivity index (χ2n) is 10.2. The van der Waals surface area contributed by atoms with Crippen molar-refractivity contribution in [1.82, 2.24) is 5.32 Å². The predicted molar refractivity (Wildman–Crippen MR) is 122 cm³/mol. The summed E-state index contributed by atoms with van der Waals surface area (Å²) in [4.78, 5) is 0. The lowest BCUT2D eigenvalue weighted by atomic mass is 9.86. The first-order chi connectivity index (χ1) is 17.0. The summed E-state index contributed by atoms with van der Waals surface area (Å²) in [5.41, 5.74) is 24.2. The van der Waals surface area contributed by atoms with Gasteiger partial charge in [-0.15, -0.1) is 0 Å². The number of ether oxygens (including phenoxy) is 5. The van der Waals surface area contributed by atoms with Crippen LogP contribution in [-0.4, -0.2) is 137 Å². The third-order valence-corrected chi connectivity index (χ3v) is 7.57. The number of hydrogen-bond donors (Lipinski definition) is 10. The fourth-order valence-electron chi connectivity index (χ4n) is 5.49. The molecule has 210 valence electrons. The Morgan fingerprint density at radius 3 is 2.17 bits per heavy atom. The van der Waals surface area contributed by atoms with Crippen molar-refractivity contribution < 1.29 is 49.2 Å². The van der Waals surface area contributed by atoms with Crippen LogP contribution in [0.25, 0.3) is 0 Å². The van der Waals surface area contributed by atoms with Gasteiger partial charge in [-0.25, -0.2) is 0 Å². The van der Waals surface area contributed by atoms with E-state index in [0.29, 0.717) is 12.8 Å². The van der Waals surface area contributed by atoms with E-state index >= 15 is 0 Å². The summed E-state index contributed by atoms with van der Waals surface area (Å²) in [6, 6.07) is -3.24. The molecule has 8 unspecified atom stereocenters. The van der Waals surface area contributed by atoms with E-state index < -0.39 is 98.5 Å². The van der Waals surface area contributed by atoms with Crippen molar-refractivity contribution in [3.05, 3.63) is 0 Å². The number of likely N-dealkylation sites (N-methyl/N-ethyl adjacent to an activating group) is 1. The molecule has 14 N–H and O–H groups in total. The zero-order valence-corrected chi connectivity index (χ0v) is 20.2. The van der Waals surface area contributed by atoms with Gasteiger partial charge in [0.15, 0.2) is 18.9 Å². The van der Waals surface area contributed by atoms with E-state index in [1.807, 2.05) is 0 Å². The van der Waals surface area contributed by atoms with E-state index in [0.717, 1.165) is 0 Å². The lowest BCUT2D eigenvalue weighted by Crippen LogP contribution is -2.70. The van der Waals surface area contributed by atoms with Crippen LogP contribution >= 0.6 is 0 Å². The zero-order chi connectivity index (χ0) is 26.3. The molecule has 0 aromatic heterocycles. The summed E-state index contributed by atoms with van der Waals surface area (Å²) < 4.78 is 29.4. The Morgan fingerprint density at radius 1 is 0.806 bits per heavy atom. The van der Waals surface area contributed by atoms with Gasteiger partial charge < -0.3 is 77.5 Å². The van der Waals surface area contributed by atoms with Crippen LogP contribution in [-0.2, 0) is 23.7 Å². The average molecular weight is 524 g/mol. The molecule has 1 saturated carbocycles. The molecule has 3 saturated heterocycles. The Hall–Kier alpha value is -0.600. The summed E-state index contributed by atoms with van der Waals surface area (Å²) in [6.45, 7) is -0.492.